The van der Waals surface area contributed by atoms with Gasteiger partial charge in [-0.1, -0.05) is 164 Å². The SMILES string of the molecule is CCCCCCCCCCCOc1ccc(-c2ccccc2-c2ccc(C(C)OCCCCCCCCC)cc2)cc1. The Hall–Kier alpha value is -2.58. The van der Waals surface area contributed by atoms with Gasteiger partial charge in [-0.25, -0.2) is 0 Å². The molecule has 0 N–H and O–H groups in total. The Kier molecular flexibility index (Phi) is 17.1. The van der Waals surface area contributed by atoms with Crippen LogP contribution in [0, 0.1) is 0 Å². The number of benzene rings is 3. The maximum Gasteiger partial charge on any atom is 0.119 e. The van der Waals surface area contributed by atoms with E-state index in [0.29, 0.717) is 0 Å². The fourth-order valence-electron chi connectivity index (χ4n) is 5.67. The molecule has 2 heteroatoms. The summed E-state index contributed by atoms with van der Waals surface area (Å²) in [5.41, 5.74) is 6.20. The molecule has 0 spiro atoms. The lowest BCUT2D eigenvalue weighted by Crippen LogP contribution is -2.02. The van der Waals surface area contributed by atoms with E-state index in [2.05, 4.69) is 93.6 Å². The van der Waals surface area contributed by atoms with E-state index in [9.17, 15) is 0 Å². The molecule has 230 valence electrons. The first-order chi connectivity index (χ1) is 20.7. The Labute approximate surface area is 258 Å². The van der Waals surface area contributed by atoms with E-state index in [1.165, 1.54) is 118 Å². The first-order valence-electron chi connectivity index (χ1n) is 17.3. The zero-order chi connectivity index (χ0) is 29.7. The van der Waals surface area contributed by atoms with Gasteiger partial charge in [0.2, 0.25) is 0 Å². The van der Waals surface area contributed by atoms with Crippen LogP contribution >= 0.6 is 0 Å². The Bertz CT molecular complexity index is 1070. The molecule has 0 saturated carbocycles. The number of ether oxygens (including phenoxy) is 2. The second kappa shape index (κ2) is 21.2. The quantitative estimate of drug-likeness (QED) is 0.106. The highest BCUT2D eigenvalue weighted by atomic mass is 16.5. The van der Waals surface area contributed by atoms with E-state index in [1.807, 2.05) is 0 Å². The standard InChI is InChI=1S/C40H58O2/c1-4-6-8-10-12-13-15-17-21-33-42-38-30-28-37(29-31-38)40-23-19-18-22-39(40)36-26-24-35(25-27-36)34(3)41-32-20-16-14-11-9-7-5-2/h18-19,22-31,34H,4-17,20-21,32-33H2,1-3H3. The van der Waals surface area contributed by atoms with Crippen LogP contribution in [0.5, 0.6) is 5.75 Å². The summed E-state index contributed by atoms with van der Waals surface area (Å²) in [6.07, 6.45) is 21.3. The van der Waals surface area contributed by atoms with Crippen molar-refractivity contribution in [2.24, 2.45) is 0 Å². The van der Waals surface area contributed by atoms with Crippen LogP contribution in [-0.2, 0) is 4.74 Å². The lowest BCUT2D eigenvalue weighted by molar-refractivity contribution is 0.0627. The molecule has 2 nitrogen and oxygen atoms in total. The van der Waals surface area contributed by atoms with E-state index < -0.39 is 0 Å². The zero-order valence-corrected chi connectivity index (χ0v) is 27.0. The molecule has 42 heavy (non-hydrogen) atoms. The highest BCUT2D eigenvalue weighted by Gasteiger charge is 2.10. The van der Waals surface area contributed by atoms with Crippen LogP contribution in [0.3, 0.4) is 0 Å². The van der Waals surface area contributed by atoms with E-state index in [-0.39, 0.29) is 6.10 Å². The van der Waals surface area contributed by atoms with E-state index in [1.54, 1.807) is 0 Å². The van der Waals surface area contributed by atoms with Crippen molar-refractivity contribution in [1.82, 2.24) is 0 Å². The van der Waals surface area contributed by atoms with Crippen molar-refractivity contribution in [2.75, 3.05) is 13.2 Å². The first kappa shape index (κ1) is 33.9. The normalized spacial score (nSPS) is 12.0. The van der Waals surface area contributed by atoms with Gasteiger partial charge in [0.05, 0.1) is 12.7 Å². The maximum atomic E-state index is 6.16. The molecule has 0 aliphatic heterocycles. The Morgan fingerprint density at radius 1 is 0.476 bits per heavy atom. The number of rotatable bonds is 23. The Morgan fingerprint density at radius 2 is 0.905 bits per heavy atom. The van der Waals surface area contributed by atoms with Crippen molar-refractivity contribution < 1.29 is 9.47 Å². The summed E-state index contributed by atoms with van der Waals surface area (Å²) in [7, 11) is 0. The summed E-state index contributed by atoms with van der Waals surface area (Å²) in [5, 5.41) is 0. The van der Waals surface area contributed by atoms with Gasteiger partial charge in [-0.3, -0.25) is 0 Å². The predicted octanol–water partition coefficient (Wildman–Crippen LogP) is 12.8. The monoisotopic (exact) mass is 570 g/mol. The fourth-order valence-corrected chi connectivity index (χ4v) is 5.67. The van der Waals surface area contributed by atoms with Gasteiger partial charge in [0.25, 0.3) is 0 Å². The van der Waals surface area contributed by atoms with Gasteiger partial charge in [-0.15, -0.1) is 0 Å². The summed E-state index contributed by atoms with van der Waals surface area (Å²) < 4.78 is 12.2. The first-order valence-corrected chi connectivity index (χ1v) is 17.3. The molecule has 0 radical (unpaired) electrons. The lowest BCUT2D eigenvalue weighted by Gasteiger charge is -2.15. The van der Waals surface area contributed by atoms with Crippen LogP contribution in [0.25, 0.3) is 22.3 Å². The molecule has 0 fully saturated rings. The van der Waals surface area contributed by atoms with E-state index in [4.69, 9.17) is 9.47 Å². The number of unbranched alkanes of at least 4 members (excludes halogenated alkanes) is 14. The molecule has 0 aliphatic rings. The summed E-state index contributed by atoms with van der Waals surface area (Å²) in [6.45, 7) is 8.37. The van der Waals surface area contributed by atoms with Crippen molar-refractivity contribution in [2.45, 2.75) is 130 Å². The number of hydrogen-bond acceptors (Lipinski definition) is 2. The van der Waals surface area contributed by atoms with Crippen molar-refractivity contribution >= 4 is 0 Å². The summed E-state index contributed by atoms with van der Waals surface area (Å²) >= 11 is 0. The third kappa shape index (κ3) is 12.7. The highest BCUT2D eigenvalue weighted by molar-refractivity contribution is 5.83. The largest absolute Gasteiger partial charge is 0.494 e. The number of hydrogen-bond donors (Lipinski definition) is 0. The van der Waals surface area contributed by atoms with Gasteiger partial charge >= 0.3 is 0 Å². The van der Waals surface area contributed by atoms with Crippen molar-refractivity contribution in [3.05, 3.63) is 78.4 Å². The lowest BCUT2D eigenvalue weighted by atomic mass is 9.94. The minimum absolute atomic E-state index is 0.123. The maximum absolute atomic E-state index is 6.16. The second-order valence-electron chi connectivity index (χ2n) is 12.0. The summed E-state index contributed by atoms with van der Waals surface area (Å²) in [5.74, 6) is 0.964. The van der Waals surface area contributed by atoms with Gasteiger partial charge < -0.3 is 9.47 Å². The fraction of sp³-hybridized carbons (Fsp3) is 0.550. The molecular formula is C40H58O2. The van der Waals surface area contributed by atoms with Gasteiger partial charge in [0.15, 0.2) is 0 Å². The van der Waals surface area contributed by atoms with E-state index in [0.717, 1.165) is 31.8 Å². The van der Waals surface area contributed by atoms with Crippen LogP contribution in [0.15, 0.2) is 72.8 Å². The van der Waals surface area contributed by atoms with Gasteiger partial charge in [-0.05, 0) is 59.7 Å². The van der Waals surface area contributed by atoms with Crippen molar-refractivity contribution in [1.29, 1.82) is 0 Å². The molecule has 3 aromatic carbocycles. The molecule has 0 aliphatic carbocycles. The molecule has 1 atom stereocenters. The van der Waals surface area contributed by atoms with Crippen LogP contribution in [0.1, 0.15) is 135 Å². The minimum atomic E-state index is 0.123. The third-order valence-corrected chi connectivity index (χ3v) is 8.42. The molecule has 0 aromatic heterocycles. The summed E-state index contributed by atoms with van der Waals surface area (Å²) in [4.78, 5) is 0. The van der Waals surface area contributed by atoms with Crippen LogP contribution < -0.4 is 4.74 Å². The molecule has 1 unspecified atom stereocenters. The zero-order valence-electron chi connectivity index (χ0n) is 27.0. The smallest absolute Gasteiger partial charge is 0.119 e. The molecular weight excluding hydrogens is 512 g/mol. The van der Waals surface area contributed by atoms with Crippen LogP contribution in [-0.4, -0.2) is 13.2 Å². The molecule has 0 bridgehead atoms. The average Bonchev–Trinajstić information content (AvgIpc) is 3.03. The summed E-state index contributed by atoms with van der Waals surface area (Å²) in [6, 6.07) is 26.3. The van der Waals surface area contributed by atoms with Crippen LogP contribution in [0.2, 0.25) is 0 Å². The third-order valence-electron chi connectivity index (χ3n) is 8.42. The van der Waals surface area contributed by atoms with Crippen molar-refractivity contribution in [3.63, 3.8) is 0 Å². The van der Waals surface area contributed by atoms with Gasteiger partial charge in [0, 0.05) is 6.61 Å². The molecule has 3 aromatic rings. The highest BCUT2D eigenvalue weighted by Crippen LogP contribution is 2.33. The molecule has 3 rings (SSSR count). The van der Waals surface area contributed by atoms with Crippen molar-refractivity contribution in [3.8, 4) is 28.0 Å². The average molecular weight is 571 g/mol. The minimum Gasteiger partial charge on any atom is -0.494 e. The van der Waals surface area contributed by atoms with Gasteiger partial charge in [-0.2, -0.15) is 0 Å². The van der Waals surface area contributed by atoms with E-state index >= 15 is 0 Å². The van der Waals surface area contributed by atoms with Gasteiger partial charge in [0.1, 0.15) is 5.75 Å². The second-order valence-corrected chi connectivity index (χ2v) is 12.0. The molecule has 0 saturated heterocycles. The molecule has 0 heterocycles. The predicted molar refractivity (Wildman–Crippen MR) is 182 cm³/mol. The topological polar surface area (TPSA) is 18.5 Å². The Morgan fingerprint density at radius 3 is 1.40 bits per heavy atom. The molecule has 0 amide bonds. The Balaban J connectivity index is 1.44. The van der Waals surface area contributed by atoms with Crippen LogP contribution in [0.4, 0.5) is 0 Å².